The molecule has 1 aromatic rings. The quantitative estimate of drug-likeness (QED) is 0.857. The molecule has 0 unspecified atom stereocenters. The monoisotopic (exact) mass is 267 g/mol. The number of thiophene rings is 1. The molecule has 0 bridgehead atoms. The third-order valence-electron chi connectivity index (χ3n) is 4.27. The van der Waals surface area contributed by atoms with Crippen molar-refractivity contribution < 1.29 is 5.11 Å². The van der Waals surface area contributed by atoms with Gasteiger partial charge in [-0.25, -0.2) is 0 Å². The highest BCUT2D eigenvalue weighted by Crippen LogP contribution is 2.35. The van der Waals surface area contributed by atoms with Crippen molar-refractivity contribution in [3.8, 4) is 0 Å². The number of aliphatic hydroxyl groups excluding tert-OH is 1. The Hall–Kier alpha value is -0.380. The summed E-state index contributed by atoms with van der Waals surface area (Å²) in [5, 5.41) is 13.2. The maximum atomic E-state index is 9.65. The number of aryl methyl sites for hydroxylation is 2. The van der Waals surface area contributed by atoms with E-state index in [0.29, 0.717) is 6.61 Å². The van der Waals surface area contributed by atoms with Crippen LogP contribution in [0.3, 0.4) is 0 Å². The first-order valence-electron chi connectivity index (χ1n) is 7.03. The van der Waals surface area contributed by atoms with Crippen LogP contribution in [0.2, 0.25) is 0 Å². The molecule has 1 aromatic heterocycles. The molecule has 0 amide bonds. The summed E-state index contributed by atoms with van der Waals surface area (Å²) in [6.45, 7) is 6.59. The van der Waals surface area contributed by atoms with Gasteiger partial charge in [-0.15, -0.1) is 11.3 Å². The van der Waals surface area contributed by atoms with Gasteiger partial charge in [-0.3, -0.25) is 0 Å². The molecule has 1 aliphatic rings. The molecule has 0 spiro atoms. The minimum Gasteiger partial charge on any atom is -0.396 e. The first-order valence-corrected chi connectivity index (χ1v) is 7.84. The van der Waals surface area contributed by atoms with Crippen LogP contribution in [0.15, 0.2) is 6.07 Å². The summed E-state index contributed by atoms with van der Waals surface area (Å²) in [5.41, 5.74) is 1.55. The van der Waals surface area contributed by atoms with E-state index in [2.05, 4.69) is 25.2 Å². The van der Waals surface area contributed by atoms with Crippen molar-refractivity contribution in [2.24, 2.45) is 5.41 Å². The van der Waals surface area contributed by atoms with E-state index in [1.165, 1.54) is 47.4 Å². The highest BCUT2D eigenvalue weighted by Gasteiger charge is 2.30. The molecule has 18 heavy (non-hydrogen) atoms. The third kappa shape index (κ3) is 3.34. The van der Waals surface area contributed by atoms with Crippen molar-refractivity contribution >= 4 is 11.3 Å². The van der Waals surface area contributed by atoms with E-state index >= 15 is 0 Å². The zero-order valence-corrected chi connectivity index (χ0v) is 12.4. The number of nitrogens with one attached hydrogen (secondary N) is 1. The zero-order valence-electron chi connectivity index (χ0n) is 11.6. The standard InChI is InChI=1S/C15H25NOS/c1-12-8-14(18-13(12)2)9-16-10-15(11-17)6-4-3-5-7-15/h8,16-17H,3-7,9-11H2,1-2H3. The van der Waals surface area contributed by atoms with Crippen molar-refractivity contribution in [3.05, 3.63) is 21.4 Å². The minimum atomic E-state index is 0.152. The molecule has 0 aromatic carbocycles. The van der Waals surface area contributed by atoms with Gasteiger partial charge in [0.25, 0.3) is 0 Å². The Bertz CT molecular complexity index is 360. The molecule has 102 valence electrons. The normalized spacial score (nSPS) is 19.1. The molecular weight excluding hydrogens is 242 g/mol. The Labute approximate surface area is 114 Å². The fourth-order valence-corrected chi connectivity index (χ4v) is 3.90. The second kappa shape index (κ2) is 6.18. The molecule has 1 aliphatic carbocycles. The molecule has 2 N–H and O–H groups in total. The van der Waals surface area contributed by atoms with E-state index in [9.17, 15) is 5.11 Å². The largest absolute Gasteiger partial charge is 0.396 e. The van der Waals surface area contributed by atoms with Gasteiger partial charge in [0.15, 0.2) is 0 Å². The second-order valence-corrected chi connectivity index (χ2v) is 7.12. The second-order valence-electron chi connectivity index (χ2n) is 5.77. The predicted octanol–water partition coefficient (Wildman–Crippen LogP) is 3.40. The van der Waals surface area contributed by atoms with Gasteiger partial charge in [-0.05, 0) is 38.3 Å². The number of aliphatic hydroxyl groups is 1. The Morgan fingerprint density at radius 1 is 1.28 bits per heavy atom. The maximum Gasteiger partial charge on any atom is 0.0499 e. The summed E-state index contributed by atoms with van der Waals surface area (Å²) >= 11 is 1.88. The van der Waals surface area contributed by atoms with E-state index in [1.807, 2.05) is 11.3 Å². The van der Waals surface area contributed by atoms with E-state index in [1.54, 1.807) is 0 Å². The molecule has 2 nitrogen and oxygen atoms in total. The van der Waals surface area contributed by atoms with Crippen molar-refractivity contribution in [1.82, 2.24) is 5.32 Å². The molecule has 2 rings (SSSR count). The van der Waals surface area contributed by atoms with Gasteiger partial charge in [-0.1, -0.05) is 19.3 Å². The van der Waals surface area contributed by atoms with Crippen LogP contribution in [0.1, 0.15) is 47.4 Å². The third-order valence-corrected chi connectivity index (χ3v) is 5.42. The number of hydrogen-bond acceptors (Lipinski definition) is 3. The zero-order chi connectivity index (χ0) is 13.0. The fraction of sp³-hybridized carbons (Fsp3) is 0.733. The van der Waals surface area contributed by atoms with Crippen LogP contribution < -0.4 is 5.32 Å². The lowest BCUT2D eigenvalue weighted by Crippen LogP contribution is -2.38. The van der Waals surface area contributed by atoms with Crippen molar-refractivity contribution in [2.45, 2.75) is 52.5 Å². The van der Waals surface area contributed by atoms with Gasteiger partial charge in [0.1, 0.15) is 0 Å². The highest BCUT2D eigenvalue weighted by molar-refractivity contribution is 7.12. The van der Waals surface area contributed by atoms with Gasteiger partial charge in [0.2, 0.25) is 0 Å². The van der Waals surface area contributed by atoms with Crippen LogP contribution in [-0.4, -0.2) is 18.3 Å². The molecule has 0 saturated heterocycles. The van der Waals surface area contributed by atoms with Gasteiger partial charge in [0.05, 0.1) is 0 Å². The number of hydrogen-bond donors (Lipinski definition) is 2. The predicted molar refractivity (Wildman–Crippen MR) is 78.1 cm³/mol. The van der Waals surface area contributed by atoms with Gasteiger partial charge in [0, 0.05) is 34.9 Å². The Morgan fingerprint density at radius 2 is 2.00 bits per heavy atom. The lowest BCUT2D eigenvalue weighted by molar-refractivity contribution is 0.0811. The summed E-state index contributed by atoms with van der Waals surface area (Å²) in [7, 11) is 0. The Morgan fingerprint density at radius 3 is 2.56 bits per heavy atom. The molecule has 1 saturated carbocycles. The summed E-state index contributed by atoms with van der Waals surface area (Å²) in [6, 6.07) is 2.28. The van der Waals surface area contributed by atoms with Crippen LogP contribution in [0.25, 0.3) is 0 Å². The summed E-state index contributed by atoms with van der Waals surface area (Å²) in [6.07, 6.45) is 6.25. The van der Waals surface area contributed by atoms with Crippen LogP contribution in [0, 0.1) is 19.3 Å². The van der Waals surface area contributed by atoms with Crippen molar-refractivity contribution in [2.75, 3.05) is 13.2 Å². The lowest BCUT2D eigenvalue weighted by Gasteiger charge is -2.35. The SMILES string of the molecule is Cc1cc(CNCC2(CO)CCCCC2)sc1C. The van der Waals surface area contributed by atoms with E-state index in [4.69, 9.17) is 0 Å². The van der Waals surface area contributed by atoms with E-state index < -0.39 is 0 Å². The van der Waals surface area contributed by atoms with Crippen LogP contribution in [0.4, 0.5) is 0 Å². The molecule has 1 heterocycles. The average molecular weight is 267 g/mol. The maximum absolute atomic E-state index is 9.65. The summed E-state index contributed by atoms with van der Waals surface area (Å²) < 4.78 is 0. The summed E-state index contributed by atoms with van der Waals surface area (Å²) in [5.74, 6) is 0. The molecule has 1 fully saturated rings. The van der Waals surface area contributed by atoms with Gasteiger partial charge in [-0.2, -0.15) is 0 Å². The van der Waals surface area contributed by atoms with Crippen LogP contribution in [0.5, 0.6) is 0 Å². The molecule has 3 heteroatoms. The lowest BCUT2D eigenvalue weighted by atomic mass is 9.74. The number of rotatable bonds is 5. The van der Waals surface area contributed by atoms with Crippen LogP contribution in [-0.2, 0) is 6.54 Å². The van der Waals surface area contributed by atoms with E-state index in [0.717, 1.165) is 13.1 Å². The topological polar surface area (TPSA) is 32.3 Å². The highest BCUT2D eigenvalue weighted by atomic mass is 32.1. The van der Waals surface area contributed by atoms with Crippen LogP contribution >= 0.6 is 11.3 Å². The minimum absolute atomic E-state index is 0.152. The Kier molecular flexibility index (Phi) is 4.82. The Balaban J connectivity index is 1.83. The molecular formula is C15H25NOS. The van der Waals surface area contributed by atoms with Gasteiger partial charge < -0.3 is 10.4 Å². The molecule has 0 atom stereocenters. The smallest absolute Gasteiger partial charge is 0.0499 e. The average Bonchev–Trinajstić information content (AvgIpc) is 2.70. The van der Waals surface area contributed by atoms with Crippen molar-refractivity contribution in [1.29, 1.82) is 0 Å². The van der Waals surface area contributed by atoms with Gasteiger partial charge >= 0.3 is 0 Å². The summed E-state index contributed by atoms with van der Waals surface area (Å²) in [4.78, 5) is 2.83. The van der Waals surface area contributed by atoms with Crippen molar-refractivity contribution in [3.63, 3.8) is 0 Å². The first-order chi connectivity index (χ1) is 8.65. The fourth-order valence-electron chi connectivity index (χ4n) is 2.88. The molecule has 0 radical (unpaired) electrons. The first kappa shape index (κ1) is 14.0. The molecule has 0 aliphatic heterocycles. The van der Waals surface area contributed by atoms with E-state index in [-0.39, 0.29) is 5.41 Å².